The van der Waals surface area contributed by atoms with Gasteiger partial charge in [-0.2, -0.15) is 0 Å². The molecule has 4 rings (SSSR count). The van der Waals surface area contributed by atoms with Crippen LogP contribution in [0.25, 0.3) is 11.0 Å². The van der Waals surface area contributed by atoms with E-state index in [9.17, 15) is 14.4 Å². The van der Waals surface area contributed by atoms with Crippen molar-refractivity contribution in [1.82, 2.24) is 19.4 Å². The summed E-state index contributed by atoms with van der Waals surface area (Å²) in [6.45, 7) is 4.25. The summed E-state index contributed by atoms with van der Waals surface area (Å²) < 4.78 is 3.17. The monoisotopic (exact) mass is 420 g/mol. The van der Waals surface area contributed by atoms with E-state index in [-0.39, 0.29) is 24.0 Å². The highest BCUT2D eigenvalue weighted by atomic mass is 16.2. The number of hydrogen-bond acceptors (Lipinski definition) is 3. The third kappa shape index (κ3) is 4.40. The summed E-state index contributed by atoms with van der Waals surface area (Å²) in [5.74, 6) is -0.105. The maximum absolute atomic E-state index is 12.6. The summed E-state index contributed by atoms with van der Waals surface area (Å²) in [6, 6.07) is 15.7. The molecule has 0 saturated heterocycles. The van der Waals surface area contributed by atoms with Crippen LogP contribution < -0.4 is 11.0 Å². The lowest BCUT2D eigenvalue weighted by molar-refractivity contribution is -0.132. The number of para-hydroxylation sites is 2. The molecule has 0 atom stereocenters. The van der Waals surface area contributed by atoms with E-state index in [0.29, 0.717) is 32.5 Å². The zero-order valence-corrected chi connectivity index (χ0v) is 17.8. The second kappa shape index (κ2) is 9.20. The molecule has 1 N–H and O–H groups in total. The highest BCUT2D eigenvalue weighted by molar-refractivity contribution is 5.81. The van der Waals surface area contributed by atoms with Gasteiger partial charge in [0.25, 0.3) is 0 Å². The van der Waals surface area contributed by atoms with Crippen LogP contribution in [0.1, 0.15) is 30.9 Å². The zero-order chi connectivity index (χ0) is 21.8. The number of carbonyl (C=O) groups excluding carboxylic acids is 2. The standard InChI is InChI=1S/C24H28N4O3/c1-2-27-20-10-5-6-11-21(20)28(24(27)31)17-22(29)25-14-7-12-23(30)26-15-13-18-8-3-4-9-19(18)16-26/h3-6,8-11H,2,7,12-17H2,1H3,(H,25,29). The van der Waals surface area contributed by atoms with Gasteiger partial charge in [0.05, 0.1) is 11.0 Å². The van der Waals surface area contributed by atoms with Crippen molar-refractivity contribution in [2.75, 3.05) is 13.1 Å². The number of amides is 2. The van der Waals surface area contributed by atoms with Gasteiger partial charge in [0.2, 0.25) is 11.8 Å². The van der Waals surface area contributed by atoms with Crippen LogP contribution in [0.2, 0.25) is 0 Å². The Bertz CT molecular complexity index is 1160. The maximum atomic E-state index is 12.6. The van der Waals surface area contributed by atoms with E-state index in [1.807, 2.05) is 48.2 Å². The summed E-state index contributed by atoms with van der Waals surface area (Å²) in [5.41, 5.74) is 3.94. The lowest BCUT2D eigenvalue weighted by Gasteiger charge is -2.29. The average Bonchev–Trinajstić information content (AvgIpc) is 3.06. The summed E-state index contributed by atoms with van der Waals surface area (Å²) in [7, 11) is 0. The third-order valence-electron chi connectivity index (χ3n) is 5.92. The van der Waals surface area contributed by atoms with E-state index in [2.05, 4.69) is 17.4 Å². The van der Waals surface area contributed by atoms with E-state index in [4.69, 9.17) is 0 Å². The Balaban J connectivity index is 1.27. The minimum atomic E-state index is -0.222. The zero-order valence-electron chi connectivity index (χ0n) is 17.8. The van der Waals surface area contributed by atoms with Gasteiger partial charge in [-0.3, -0.25) is 18.7 Å². The molecule has 0 fully saturated rings. The smallest absolute Gasteiger partial charge is 0.329 e. The second-order valence-corrected chi connectivity index (χ2v) is 7.89. The van der Waals surface area contributed by atoms with Crippen molar-refractivity contribution in [1.29, 1.82) is 0 Å². The highest BCUT2D eigenvalue weighted by Crippen LogP contribution is 2.19. The largest absolute Gasteiger partial charge is 0.355 e. The van der Waals surface area contributed by atoms with Crippen molar-refractivity contribution in [3.05, 3.63) is 70.1 Å². The fourth-order valence-electron chi connectivity index (χ4n) is 4.26. The van der Waals surface area contributed by atoms with Gasteiger partial charge in [0.1, 0.15) is 6.54 Å². The van der Waals surface area contributed by atoms with Gasteiger partial charge < -0.3 is 10.2 Å². The molecule has 2 amide bonds. The predicted molar refractivity (Wildman–Crippen MR) is 120 cm³/mol. The number of nitrogens with one attached hydrogen (secondary N) is 1. The molecular formula is C24H28N4O3. The molecule has 2 heterocycles. The Kier molecular flexibility index (Phi) is 6.21. The second-order valence-electron chi connectivity index (χ2n) is 7.89. The molecule has 0 radical (unpaired) electrons. The first-order chi connectivity index (χ1) is 15.1. The van der Waals surface area contributed by atoms with Gasteiger partial charge >= 0.3 is 5.69 Å². The number of aromatic nitrogens is 2. The predicted octanol–water partition coefficient (Wildman–Crippen LogP) is 2.30. The molecule has 0 aliphatic carbocycles. The van der Waals surface area contributed by atoms with Gasteiger partial charge in [0, 0.05) is 32.6 Å². The number of hydrogen-bond donors (Lipinski definition) is 1. The van der Waals surface area contributed by atoms with Crippen LogP contribution in [0.5, 0.6) is 0 Å². The number of carbonyl (C=O) groups is 2. The molecule has 0 bridgehead atoms. The van der Waals surface area contributed by atoms with Gasteiger partial charge in [-0.15, -0.1) is 0 Å². The first-order valence-electron chi connectivity index (χ1n) is 10.9. The van der Waals surface area contributed by atoms with Crippen LogP contribution in [0.15, 0.2) is 53.3 Å². The maximum Gasteiger partial charge on any atom is 0.329 e. The van der Waals surface area contributed by atoms with E-state index in [1.165, 1.54) is 15.7 Å². The molecule has 162 valence electrons. The summed E-state index contributed by atoms with van der Waals surface area (Å²) >= 11 is 0. The average molecular weight is 421 g/mol. The molecule has 0 spiro atoms. The number of nitrogens with zero attached hydrogens (tertiary/aromatic N) is 3. The van der Waals surface area contributed by atoms with Crippen LogP contribution in [0.3, 0.4) is 0 Å². The molecule has 1 aromatic heterocycles. The number of rotatable bonds is 7. The van der Waals surface area contributed by atoms with Crippen LogP contribution in [0, 0.1) is 0 Å². The van der Waals surface area contributed by atoms with Crippen LogP contribution in [0.4, 0.5) is 0 Å². The van der Waals surface area contributed by atoms with Crippen molar-refractivity contribution >= 4 is 22.8 Å². The molecule has 31 heavy (non-hydrogen) atoms. The number of imidazole rings is 1. The van der Waals surface area contributed by atoms with Gasteiger partial charge in [0.15, 0.2) is 0 Å². The highest BCUT2D eigenvalue weighted by Gasteiger charge is 2.20. The van der Waals surface area contributed by atoms with Crippen molar-refractivity contribution in [2.45, 2.75) is 45.8 Å². The topological polar surface area (TPSA) is 76.3 Å². The van der Waals surface area contributed by atoms with Crippen molar-refractivity contribution in [3.63, 3.8) is 0 Å². The molecule has 1 aliphatic rings. The Morgan fingerprint density at radius 1 is 0.968 bits per heavy atom. The first-order valence-corrected chi connectivity index (χ1v) is 10.9. The van der Waals surface area contributed by atoms with E-state index < -0.39 is 0 Å². The van der Waals surface area contributed by atoms with Gasteiger partial charge in [-0.25, -0.2) is 4.79 Å². The Labute approximate surface area is 181 Å². The van der Waals surface area contributed by atoms with Crippen LogP contribution in [-0.2, 0) is 35.6 Å². The minimum Gasteiger partial charge on any atom is -0.355 e. The van der Waals surface area contributed by atoms with E-state index in [1.54, 1.807) is 4.57 Å². The number of benzene rings is 2. The first kappa shape index (κ1) is 20.9. The summed E-state index contributed by atoms with van der Waals surface area (Å²) in [6.07, 6.45) is 1.87. The van der Waals surface area contributed by atoms with E-state index >= 15 is 0 Å². The quantitative estimate of drug-likeness (QED) is 0.596. The fraction of sp³-hybridized carbons (Fsp3) is 0.375. The Hall–Kier alpha value is -3.35. The molecule has 7 nitrogen and oxygen atoms in total. The van der Waals surface area contributed by atoms with Crippen molar-refractivity contribution in [3.8, 4) is 0 Å². The van der Waals surface area contributed by atoms with Gasteiger partial charge in [-0.1, -0.05) is 36.4 Å². The van der Waals surface area contributed by atoms with E-state index in [0.717, 1.165) is 24.0 Å². The molecule has 7 heteroatoms. The molecule has 1 aliphatic heterocycles. The normalized spacial score (nSPS) is 13.3. The number of aryl methyl sites for hydroxylation is 1. The molecular weight excluding hydrogens is 392 g/mol. The van der Waals surface area contributed by atoms with Crippen LogP contribution >= 0.6 is 0 Å². The molecule has 0 saturated carbocycles. The lowest BCUT2D eigenvalue weighted by Crippen LogP contribution is -2.37. The Morgan fingerprint density at radius 3 is 2.39 bits per heavy atom. The number of fused-ring (bicyclic) bond motifs is 2. The van der Waals surface area contributed by atoms with Crippen molar-refractivity contribution in [2.24, 2.45) is 0 Å². The SMILES string of the molecule is CCn1c(=O)n(CC(=O)NCCCC(=O)N2CCc3ccccc3C2)c2ccccc21. The molecule has 2 aromatic carbocycles. The summed E-state index contributed by atoms with van der Waals surface area (Å²) in [4.78, 5) is 39.5. The van der Waals surface area contributed by atoms with Crippen molar-refractivity contribution < 1.29 is 9.59 Å². The molecule has 0 unspecified atom stereocenters. The third-order valence-corrected chi connectivity index (χ3v) is 5.92. The molecule has 3 aromatic rings. The summed E-state index contributed by atoms with van der Waals surface area (Å²) in [5, 5.41) is 2.85. The lowest BCUT2D eigenvalue weighted by atomic mass is 9.99. The minimum absolute atomic E-state index is 0.0246. The van der Waals surface area contributed by atoms with Gasteiger partial charge in [-0.05, 0) is 43.0 Å². The van der Waals surface area contributed by atoms with Crippen LogP contribution in [-0.4, -0.2) is 38.9 Å². The Morgan fingerprint density at radius 2 is 1.65 bits per heavy atom. The fourth-order valence-corrected chi connectivity index (χ4v) is 4.26.